The Balaban J connectivity index is 2.60. The summed E-state index contributed by atoms with van der Waals surface area (Å²) < 4.78 is 12.9. The number of aromatic nitrogens is 1. The molecule has 1 aromatic rings. The predicted octanol–water partition coefficient (Wildman–Crippen LogP) is 4.47. The molecule has 0 saturated heterocycles. The monoisotopic (exact) mass is 484 g/mol. The molecule has 0 aliphatic carbocycles. The molecule has 0 atom stereocenters. The third-order valence-electron chi connectivity index (χ3n) is 2.60. The number of nitrogens with zero attached hydrogens (tertiary/aromatic N) is 2. The Kier molecular flexibility index (Phi) is 7.37. The second-order valence-electron chi connectivity index (χ2n) is 6.06. The first kappa shape index (κ1) is 19.5. The molecule has 124 valence electrons. The molecule has 0 spiro atoms. The van der Waals surface area contributed by atoms with Crippen LogP contribution in [0.4, 0.5) is 4.79 Å². The normalized spacial score (nSPS) is 11.5. The highest BCUT2D eigenvalue weighted by Crippen LogP contribution is 2.21. The smallest absolute Gasteiger partial charge is 0.410 e. The van der Waals surface area contributed by atoms with E-state index in [0.717, 1.165) is 8.04 Å². The summed E-state index contributed by atoms with van der Waals surface area (Å²) in [4.78, 5) is 18.0. The van der Waals surface area contributed by atoms with Crippen LogP contribution in [0.1, 0.15) is 34.6 Å². The standard InChI is InChI=1S/C15H22BrIN2O3/c1-10(2)19(14(20)22-15(3,4)5)6-7-21-13-12(17)8-11(16)9-18-13/h8-10H,6-7H2,1-5H3. The van der Waals surface area contributed by atoms with Gasteiger partial charge in [0, 0.05) is 16.7 Å². The number of hydrogen-bond acceptors (Lipinski definition) is 4. The van der Waals surface area contributed by atoms with Gasteiger partial charge in [0.2, 0.25) is 5.88 Å². The van der Waals surface area contributed by atoms with Gasteiger partial charge in [0.05, 0.1) is 10.1 Å². The summed E-state index contributed by atoms with van der Waals surface area (Å²) in [6.45, 7) is 10.3. The fourth-order valence-corrected chi connectivity index (χ4v) is 3.02. The number of hydrogen-bond donors (Lipinski definition) is 0. The molecule has 0 bridgehead atoms. The van der Waals surface area contributed by atoms with Crippen LogP contribution in [0.25, 0.3) is 0 Å². The van der Waals surface area contributed by atoms with Crippen LogP contribution in [0.2, 0.25) is 0 Å². The van der Waals surface area contributed by atoms with Crippen LogP contribution in [0.5, 0.6) is 5.88 Å². The van der Waals surface area contributed by atoms with Crippen LogP contribution in [0.15, 0.2) is 16.7 Å². The van der Waals surface area contributed by atoms with Crippen LogP contribution in [-0.2, 0) is 4.74 Å². The maximum atomic E-state index is 12.2. The highest BCUT2D eigenvalue weighted by atomic mass is 127. The largest absolute Gasteiger partial charge is 0.475 e. The van der Waals surface area contributed by atoms with Crippen molar-refractivity contribution in [3.05, 3.63) is 20.3 Å². The van der Waals surface area contributed by atoms with Crippen molar-refractivity contribution in [1.29, 1.82) is 0 Å². The van der Waals surface area contributed by atoms with Crippen molar-refractivity contribution in [2.24, 2.45) is 0 Å². The van der Waals surface area contributed by atoms with Crippen molar-refractivity contribution in [2.45, 2.75) is 46.3 Å². The molecule has 1 heterocycles. The second-order valence-corrected chi connectivity index (χ2v) is 8.13. The van der Waals surface area contributed by atoms with E-state index in [1.165, 1.54) is 0 Å². The minimum Gasteiger partial charge on any atom is -0.475 e. The molecule has 0 aromatic carbocycles. The van der Waals surface area contributed by atoms with E-state index in [-0.39, 0.29) is 12.1 Å². The SMILES string of the molecule is CC(C)N(CCOc1ncc(Br)cc1I)C(=O)OC(C)(C)C. The molecule has 1 rings (SSSR count). The van der Waals surface area contributed by atoms with E-state index in [4.69, 9.17) is 9.47 Å². The van der Waals surface area contributed by atoms with Crippen molar-refractivity contribution < 1.29 is 14.3 Å². The van der Waals surface area contributed by atoms with E-state index in [0.29, 0.717) is 19.0 Å². The number of rotatable bonds is 5. The van der Waals surface area contributed by atoms with Gasteiger partial charge in [-0.2, -0.15) is 0 Å². The molecule has 0 N–H and O–H groups in total. The average molecular weight is 485 g/mol. The summed E-state index contributed by atoms with van der Waals surface area (Å²) in [6.07, 6.45) is 1.36. The highest BCUT2D eigenvalue weighted by molar-refractivity contribution is 14.1. The van der Waals surface area contributed by atoms with Crippen LogP contribution in [-0.4, -0.2) is 40.8 Å². The number of carbonyl (C=O) groups is 1. The highest BCUT2D eigenvalue weighted by Gasteiger charge is 2.24. The van der Waals surface area contributed by atoms with Gasteiger partial charge in [-0.15, -0.1) is 0 Å². The van der Waals surface area contributed by atoms with Crippen LogP contribution in [0, 0.1) is 3.57 Å². The van der Waals surface area contributed by atoms with E-state index in [9.17, 15) is 4.79 Å². The van der Waals surface area contributed by atoms with Crippen LogP contribution in [0.3, 0.4) is 0 Å². The Hall–Kier alpha value is -0.570. The third kappa shape index (κ3) is 6.68. The maximum Gasteiger partial charge on any atom is 0.410 e. The number of carbonyl (C=O) groups excluding carboxylic acids is 1. The van der Waals surface area contributed by atoms with Gasteiger partial charge in [-0.1, -0.05) is 0 Å². The Morgan fingerprint density at radius 2 is 2.09 bits per heavy atom. The van der Waals surface area contributed by atoms with Crippen LogP contribution >= 0.6 is 38.5 Å². The van der Waals surface area contributed by atoms with Gasteiger partial charge in [-0.05, 0) is 79.2 Å². The summed E-state index contributed by atoms with van der Waals surface area (Å²) in [6, 6.07) is 1.96. The van der Waals surface area contributed by atoms with Gasteiger partial charge < -0.3 is 14.4 Å². The molecular weight excluding hydrogens is 463 g/mol. The fraction of sp³-hybridized carbons (Fsp3) is 0.600. The summed E-state index contributed by atoms with van der Waals surface area (Å²) in [5, 5.41) is 0. The van der Waals surface area contributed by atoms with E-state index < -0.39 is 5.60 Å². The zero-order valence-electron chi connectivity index (χ0n) is 13.5. The molecule has 0 aliphatic heterocycles. The lowest BCUT2D eigenvalue weighted by molar-refractivity contribution is 0.0163. The topological polar surface area (TPSA) is 51.7 Å². The zero-order valence-corrected chi connectivity index (χ0v) is 17.3. The molecule has 5 nitrogen and oxygen atoms in total. The molecule has 7 heteroatoms. The fourth-order valence-electron chi connectivity index (χ4n) is 1.63. The summed E-state index contributed by atoms with van der Waals surface area (Å²) >= 11 is 5.53. The molecule has 1 aromatic heterocycles. The lowest BCUT2D eigenvalue weighted by Crippen LogP contribution is -2.43. The average Bonchev–Trinajstić information content (AvgIpc) is 2.33. The first-order valence-electron chi connectivity index (χ1n) is 7.03. The minimum atomic E-state index is -0.506. The van der Waals surface area contributed by atoms with E-state index >= 15 is 0 Å². The summed E-state index contributed by atoms with van der Waals surface area (Å²) in [7, 11) is 0. The van der Waals surface area contributed by atoms with Gasteiger partial charge in [-0.3, -0.25) is 0 Å². The first-order chi connectivity index (χ1) is 10.1. The lowest BCUT2D eigenvalue weighted by Gasteiger charge is -2.30. The zero-order chi connectivity index (χ0) is 16.9. The molecule has 1 amide bonds. The van der Waals surface area contributed by atoms with Crippen molar-refractivity contribution in [2.75, 3.05) is 13.2 Å². The second kappa shape index (κ2) is 8.33. The molecule has 0 aliphatic rings. The van der Waals surface area contributed by atoms with Crippen molar-refractivity contribution in [1.82, 2.24) is 9.88 Å². The van der Waals surface area contributed by atoms with Gasteiger partial charge in [0.1, 0.15) is 12.2 Å². The van der Waals surface area contributed by atoms with Crippen molar-refractivity contribution >= 4 is 44.6 Å². The predicted molar refractivity (Wildman–Crippen MR) is 98.2 cm³/mol. The Labute approximate surface area is 154 Å². The molecule has 0 radical (unpaired) electrons. The summed E-state index contributed by atoms with van der Waals surface area (Å²) in [5.41, 5.74) is -0.506. The summed E-state index contributed by atoms with van der Waals surface area (Å²) in [5.74, 6) is 0.566. The van der Waals surface area contributed by atoms with Crippen molar-refractivity contribution in [3.8, 4) is 5.88 Å². The molecular formula is C15H22BrIN2O3. The first-order valence-corrected chi connectivity index (χ1v) is 8.91. The molecule has 0 saturated carbocycles. The van der Waals surface area contributed by atoms with Gasteiger partial charge >= 0.3 is 6.09 Å². The molecule has 0 fully saturated rings. The quantitative estimate of drug-likeness (QED) is 0.578. The Morgan fingerprint density at radius 3 is 2.59 bits per heavy atom. The van der Waals surface area contributed by atoms with E-state index in [1.54, 1.807) is 11.1 Å². The van der Waals surface area contributed by atoms with E-state index in [2.05, 4.69) is 43.5 Å². The minimum absolute atomic E-state index is 0.0374. The third-order valence-corrected chi connectivity index (χ3v) is 3.80. The van der Waals surface area contributed by atoms with Crippen LogP contribution < -0.4 is 4.74 Å². The maximum absolute atomic E-state index is 12.2. The Morgan fingerprint density at radius 1 is 1.45 bits per heavy atom. The van der Waals surface area contributed by atoms with Gasteiger partial charge in [0.15, 0.2) is 0 Å². The van der Waals surface area contributed by atoms with Gasteiger partial charge in [-0.25, -0.2) is 9.78 Å². The van der Waals surface area contributed by atoms with E-state index in [1.807, 2.05) is 40.7 Å². The molecule has 22 heavy (non-hydrogen) atoms. The number of pyridine rings is 1. The lowest BCUT2D eigenvalue weighted by atomic mass is 10.2. The molecule has 0 unspecified atom stereocenters. The van der Waals surface area contributed by atoms with Gasteiger partial charge in [0.25, 0.3) is 0 Å². The number of ether oxygens (including phenoxy) is 2. The Bertz CT molecular complexity index is 518. The van der Waals surface area contributed by atoms with Crippen molar-refractivity contribution in [3.63, 3.8) is 0 Å². The number of amides is 1. The number of halogens is 2.